The van der Waals surface area contributed by atoms with Crippen LogP contribution in [0.15, 0.2) is 60.0 Å². The Labute approximate surface area is 191 Å². The summed E-state index contributed by atoms with van der Waals surface area (Å²) in [5.74, 6) is 0.241. The molecule has 1 amide bonds. The standard InChI is InChI=1S/C25H26FN3O2S/c1-28(25(30)31-20-8-3-2-4-9-20)12-13-29-11-5-7-19-15-18(16-21(26)24(19)29)17-22(27)23-10-6-14-32-23/h2-4,6,8-10,14-16,27H,5,7,11-13,17H2,1H3. The van der Waals surface area contributed by atoms with Crippen LogP contribution >= 0.6 is 11.3 Å². The third-order valence-electron chi connectivity index (χ3n) is 5.56. The second-order valence-electron chi connectivity index (χ2n) is 7.91. The Morgan fingerprint density at radius 2 is 2.03 bits per heavy atom. The Kier molecular flexibility index (Phi) is 6.85. The van der Waals surface area contributed by atoms with E-state index >= 15 is 4.39 Å². The number of ether oxygens (including phenoxy) is 1. The van der Waals surface area contributed by atoms with Crippen molar-refractivity contribution in [2.45, 2.75) is 19.3 Å². The summed E-state index contributed by atoms with van der Waals surface area (Å²) in [7, 11) is 1.69. The van der Waals surface area contributed by atoms with Gasteiger partial charge in [-0.25, -0.2) is 9.18 Å². The summed E-state index contributed by atoms with van der Waals surface area (Å²) in [4.78, 5) is 16.8. The van der Waals surface area contributed by atoms with E-state index in [-0.39, 0.29) is 5.82 Å². The summed E-state index contributed by atoms with van der Waals surface area (Å²) in [5.41, 5.74) is 2.92. The first-order chi connectivity index (χ1) is 15.5. The summed E-state index contributed by atoms with van der Waals surface area (Å²) < 4.78 is 20.5. The van der Waals surface area contributed by atoms with Gasteiger partial charge < -0.3 is 19.9 Å². The average molecular weight is 452 g/mol. The lowest BCUT2D eigenvalue weighted by Crippen LogP contribution is -2.40. The van der Waals surface area contributed by atoms with Crippen LogP contribution in [-0.2, 0) is 12.8 Å². The van der Waals surface area contributed by atoms with Crippen molar-refractivity contribution < 1.29 is 13.9 Å². The number of carbonyl (C=O) groups excluding carboxylic acids is 1. The van der Waals surface area contributed by atoms with Gasteiger partial charge in [0.15, 0.2) is 0 Å². The molecule has 0 saturated heterocycles. The van der Waals surface area contributed by atoms with Crippen LogP contribution in [0.4, 0.5) is 14.9 Å². The third-order valence-corrected chi connectivity index (χ3v) is 6.49. The molecule has 7 heteroatoms. The molecule has 0 aliphatic carbocycles. The number of thiophene rings is 1. The van der Waals surface area contributed by atoms with E-state index in [4.69, 9.17) is 10.1 Å². The SMILES string of the molecule is CN(CCN1CCCc2cc(CC(=N)c3cccs3)cc(F)c21)C(=O)Oc1ccccc1. The molecule has 0 bridgehead atoms. The number of para-hydroxylation sites is 1. The Morgan fingerprint density at radius 1 is 1.22 bits per heavy atom. The van der Waals surface area contributed by atoms with Crippen molar-refractivity contribution in [1.82, 2.24) is 4.90 Å². The minimum absolute atomic E-state index is 0.259. The molecular weight excluding hydrogens is 425 g/mol. The largest absolute Gasteiger partial charge is 0.415 e. The normalized spacial score (nSPS) is 12.9. The van der Waals surface area contributed by atoms with Gasteiger partial charge in [-0.3, -0.25) is 0 Å². The van der Waals surface area contributed by atoms with Gasteiger partial charge in [0, 0.05) is 38.0 Å². The van der Waals surface area contributed by atoms with Crippen LogP contribution in [0.5, 0.6) is 5.75 Å². The number of likely N-dealkylation sites (N-methyl/N-ethyl adjacent to an activating group) is 1. The minimum atomic E-state index is -0.434. The molecule has 32 heavy (non-hydrogen) atoms. The topological polar surface area (TPSA) is 56.6 Å². The third kappa shape index (κ3) is 5.16. The smallest absolute Gasteiger partial charge is 0.410 e. The van der Waals surface area contributed by atoms with Crippen LogP contribution in [0.1, 0.15) is 22.4 Å². The van der Waals surface area contributed by atoms with Crippen molar-refractivity contribution in [2.75, 3.05) is 31.6 Å². The molecule has 4 rings (SSSR count). The highest BCUT2D eigenvalue weighted by atomic mass is 32.1. The van der Waals surface area contributed by atoms with Gasteiger partial charge in [-0.2, -0.15) is 0 Å². The molecule has 0 unspecified atom stereocenters. The Morgan fingerprint density at radius 3 is 2.78 bits per heavy atom. The summed E-state index contributed by atoms with van der Waals surface area (Å²) in [5, 5.41) is 10.2. The van der Waals surface area contributed by atoms with Crippen LogP contribution in [0, 0.1) is 11.2 Å². The average Bonchev–Trinajstić information content (AvgIpc) is 3.33. The molecule has 0 atom stereocenters. The van der Waals surface area contributed by atoms with E-state index in [9.17, 15) is 4.79 Å². The molecule has 5 nitrogen and oxygen atoms in total. The Hall–Kier alpha value is -3.19. The molecule has 1 aliphatic rings. The van der Waals surface area contributed by atoms with Crippen molar-refractivity contribution in [3.05, 3.63) is 81.8 Å². The zero-order valence-electron chi connectivity index (χ0n) is 18.0. The molecule has 0 radical (unpaired) electrons. The lowest BCUT2D eigenvalue weighted by molar-refractivity contribution is 0.164. The predicted molar refractivity (Wildman–Crippen MR) is 127 cm³/mol. The zero-order chi connectivity index (χ0) is 22.5. The maximum atomic E-state index is 15.1. The van der Waals surface area contributed by atoms with Crippen molar-refractivity contribution in [3.8, 4) is 5.75 Å². The van der Waals surface area contributed by atoms with Crippen LogP contribution in [-0.4, -0.2) is 43.4 Å². The van der Waals surface area contributed by atoms with Crippen LogP contribution in [0.2, 0.25) is 0 Å². The minimum Gasteiger partial charge on any atom is -0.410 e. The number of aryl methyl sites for hydroxylation is 1. The van der Waals surface area contributed by atoms with E-state index < -0.39 is 6.09 Å². The van der Waals surface area contributed by atoms with Crippen molar-refractivity contribution in [2.24, 2.45) is 0 Å². The van der Waals surface area contributed by atoms with E-state index in [1.165, 1.54) is 16.2 Å². The summed E-state index contributed by atoms with van der Waals surface area (Å²) >= 11 is 1.53. The molecule has 3 aromatic rings. The number of amides is 1. The second-order valence-corrected chi connectivity index (χ2v) is 8.86. The molecule has 0 fully saturated rings. The molecule has 166 valence electrons. The lowest BCUT2D eigenvalue weighted by atomic mass is 9.96. The summed E-state index contributed by atoms with van der Waals surface area (Å²) in [6.07, 6.45) is 1.72. The number of carbonyl (C=O) groups is 1. The molecule has 0 saturated carbocycles. The van der Waals surface area contributed by atoms with Gasteiger partial charge in [-0.15, -0.1) is 11.3 Å². The van der Waals surface area contributed by atoms with Gasteiger partial charge in [0.05, 0.1) is 11.4 Å². The monoisotopic (exact) mass is 451 g/mol. The fourth-order valence-electron chi connectivity index (χ4n) is 3.93. The molecule has 1 aromatic heterocycles. The Balaban J connectivity index is 1.40. The summed E-state index contributed by atoms with van der Waals surface area (Å²) in [6.45, 7) is 1.69. The van der Waals surface area contributed by atoms with Gasteiger partial charge in [0.2, 0.25) is 0 Å². The van der Waals surface area contributed by atoms with E-state index in [2.05, 4.69) is 0 Å². The maximum absolute atomic E-state index is 15.1. The first-order valence-electron chi connectivity index (χ1n) is 10.7. The number of fused-ring (bicyclic) bond motifs is 1. The Bertz CT molecular complexity index is 1090. The summed E-state index contributed by atoms with van der Waals surface area (Å²) in [6, 6.07) is 16.4. The quantitative estimate of drug-likeness (QED) is 0.491. The highest BCUT2D eigenvalue weighted by Crippen LogP contribution is 2.31. The first kappa shape index (κ1) is 22.0. The molecule has 1 aliphatic heterocycles. The molecular formula is C25H26FN3O2S. The van der Waals surface area contributed by atoms with Crippen molar-refractivity contribution in [3.63, 3.8) is 0 Å². The van der Waals surface area contributed by atoms with Crippen LogP contribution in [0.25, 0.3) is 0 Å². The van der Waals surface area contributed by atoms with Gasteiger partial charge >= 0.3 is 6.09 Å². The molecule has 1 N–H and O–H groups in total. The molecule has 0 spiro atoms. The van der Waals surface area contributed by atoms with Gasteiger partial charge in [-0.1, -0.05) is 30.3 Å². The van der Waals surface area contributed by atoms with E-state index in [0.29, 0.717) is 36.7 Å². The number of benzene rings is 2. The van der Waals surface area contributed by atoms with Gasteiger partial charge in [0.25, 0.3) is 0 Å². The predicted octanol–water partition coefficient (Wildman–Crippen LogP) is 5.38. The number of rotatable bonds is 7. The molecule has 2 aromatic carbocycles. The van der Waals surface area contributed by atoms with Gasteiger partial charge in [-0.05, 0) is 53.6 Å². The molecule has 2 heterocycles. The fraction of sp³-hybridized carbons (Fsp3) is 0.280. The number of halogens is 1. The van der Waals surface area contributed by atoms with E-state index in [0.717, 1.165) is 35.4 Å². The number of hydrogen-bond acceptors (Lipinski definition) is 5. The number of nitrogens with one attached hydrogen (secondary N) is 1. The maximum Gasteiger partial charge on any atom is 0.415 e. The number of hydrogen-bond donors (Lipinski definition) is 1. The van der Waals surface area contributed by atoms with Crippen LogP contribution in [0.3, 0.4) is 0 Å². The van der Waals surface area contributed by atoms with E-state index in [1.807, 2.05) is 46.7 Å². The van der Waals surface area contributed by atoms with E-state index in [1.54, 1.807) is 25.2 Å². The fourth-order valence-corrected chi connectivity index (χ4v) is 4.61. The number of nitrogens with zero attached hydrogens (tertiary/aromatic N) is 2. The van der Waals surface area contributed by atoms with Crippen molar-refractivity contribution >= 4 is 28.8 Å². The number of anilines is 1. The zero-order valence-corrected chi connectivity index (χ0v) is 18.8. The second kappa shape index (κ2) is 9.96. The first-order valence-corrected chi connectivity index (χ1v) is 11.5. The van der Waals surface area contributed by atoms with Crippen LogP contribution < -0.4 is 9.64 Å². The van der Waals surface area contributed by atoms with Gasteiger partial charge in [0.1, 0.15) is 11.6 Å². The lowest BCUT2D eigenvalue weighted by Gasteiger charge is -2.33. The highest BCUT2D eigenvalue weighted by Gasteiger charge is 2.23. The highest BCUT2D eigenvalue weighted by molar-refractivity contribution is 7.12. The van der Waals surface area contributed by atoms with Crippen molar-refractivity contribution in [1.29, 1.82) is 5.41 Å².